The molecule has 108 valence electrons. The van der Waals surface area contributed by atoms with Crippen molar-refractivity contribution >= 4 is 10.0 Å². The van der Waals surface area contributed by atoms with Gasteiger partial charge in [-0.25, -0.2) is 12.8 Å². The van der Waals surface area contributed by atoms with E-state index in [-0.39, 0.29) is 17.5 Å². The highest BCUT2D eigenvalue weighted by molar-refractivity contribution is 7.89. The number of nitriles is 1. The van der Waals surface area contributed by atoms with E-state index in [2.05, 4.69) is 0 Å². The highest BCUT2D eigenvalue weighted by atomic mass is 32.2. The molecule has 0 aromatic heterocycles. The molecule has 0 spiro atoms. The van der Waals surface area contributed by atoms with Crippen LogP contribution in [0.5, 0.6) is 0 Å². The van der Waals surface area contributed by atoms with E-state index in [0.29, 0.717) is 5.56 Å². The molecule has 0 heterocycles. The molecular weight excluding hydrogens is 279 g/mol. The molecule has 0 aliphatic heterocycles. The minimum absolute atomic E-state index is 0.0843. The van der Waals surface area contributed by atoms with Crippen LogP contribution in [-0.4, -0.2) is 25.3 Å². The molecule has 1 saturated carbocycles. The lowest BCUT2D eigenvalue weighted by Crippen LogP contribution is -2.39. The Kier molecular flexibility index (Phi) is 4.41. The first-order chi connectivity index (χ1) is 9.46. The molecule has 1 aromatic rings. The molecule has 20 heavy (non-hydrogen) atoms. The Balaban J connectivity index is 2.42. The summed E-state index contributed by atoms with van der Waals surface area (Å²) in [5, 5.41) is 8.90. The van der Waals surface area contributed by atoms with Gasteiger partial charge in [0.05, 0.1) is 11.0 Å². The molecule has 0 bridgehead atoms. The summed E-state index contributed by atoms with van der Waals surface area (Å²) in [6.45, 7) is 1.40. The van der Waals surface area contributed by atoms with Crippen LogP contribution < -0.4 is 0 Å². The first kappa shape index (κ1) is 14.9. The Bertz CT molecular complexity index is 631. The molecule has 2 rings (SSSR count). The Morgan fingerprint density at radius 1 is 1.40 bits per heavy atom. The van der Waals surface area contributed by atoms with E-state index in [1.54, 1.807) is 6.92 Å². The largest absolute Gasteiger partial charge is 0.244 e. The number of aryl methyl sites for hydroxylation is 1. The zero-order chi connectivity index (χ0) is 14.8. The third-order valence-electron chi connectivity index (χ3n) is 3.68. The smallest absolute Gasteiger partial charge is 0.207 e. The number of halogens is 1. The lowest BCUT2D eigenvalue weighted by Gasteiger charge is -2.26. The van der Waals surface area contributed by atoms with Gasteiger partial charge in [-0.2, -0.15) is 9.57 Å². The standard InChI is InChI=1S/C14H17FN2O2S/c1-11-10-12(15)6-7-14(11)20(18,19)17(9-8-16)13-4-2-3-5-13/h6-7,10,13H,2-5,9H2,1H3. The van der Waals surface area contributed by atoms with Crippen molar-refractivity contribution in [3.05, 3.63) is 29.6 Å². The topological polar surface area (TPSA) is 61.2 Å². The fourth-order valence-corrected chi connectivity index (χ4v) is 4.49. The molecule has 1 aromatic carbocycles. The molecule has 0 radical (unpaired) electrons. The van der Waals surface area contributed by atoms with Gasteiger partial charge in [0.1, 0.15) is 12.4 Å². The third-order valence-corrected chi connectivity index (χ3v) is 5.74. The maximum atomic E-state index is 13.1. The van der Waals surface area contributed by atoms with Crippen LogP contribution in [0.4, 0.5) is 4.39 Å². The summed E-state index contributed by atoms with van der Waals surface area (Å²) in [5.41, 5.74) is 0.367. The van der Waals surface area contributed by atoms with E-state index in [0.717, 1.165) is 31.7 Å². The molecule has 1 fully saturated rings. The van der Waals surface area contributed by atoms with Crippen molar-refractivity contribution < 1.29 is 12.8 Å². The zero-order valence-corrected chi connectivity index (χ0v) is 12.2. The monoisotopic (exact) mass is 296 g/mol. The summed E-state index contributed by atoms with van der Waals surface area (Å²) in [6.07, 6.45) is 3.51. The highest BCUT2D eigenvalue weighted by Crippen LogP contribution is 2.29. The van der Waals surface area contributed by atoms with Crippen molar-refractivity contribution in [2.75, 3.05) is 6.54 Å². The van der Waals surface area contributed by atoms with Crippen LogP contribution in [0.15, 0.2) is 23.1 Å². The van der Waals surface area contributed by atoms with Crippen LogP contribution in [0.2, 0.25) is 0 Å². The van der Waals surface area contributed by atoms with Gasteiger partial charge >= 0.3 is 0 Å². The maximum Gasteiger partial charge on any atom is 0.244 e. The number of hydrogen-bond acceptors (Lipinski definition) is 3. The minimum Gasteiger partial charge on any atom is -0.207 e. The molecule has 0 unspecified atom stereocenters. The van der Waals surface area contributed by atoms with Gasteiger partial charge in [0.2, 0.25) is 10.0 Å². The summed E-state index contributed by atoms with van der Waals surface area (Å²) in [6, 6.07) is 5.42. The van der Waals surface area contributed by atoms with Crippen molar-refractivity contribution in [3.63, 3.8) is 0 Å². The number of hydrogen-bond donors (Lipinski definition) is 0. The summed E-state index contributed by atoms with van der Waals surface area (Å²) in [4.78, 5) is 0.0843. The fraction of sp³-hybridized carbons (Fsp3) is 0.500. The van der Waals surface area contributed by atoms with Gasteiger partial charge in [0, 0.05) is 6.04 Å². The van der Waals surface area contributed by atoms with E-state index in [4.69, 9.17) is 5.26 Å². The second-order valence-corrected chi connectivity index (χ2v) is 6.92. The first-order valence-electron chi connectivity index (χ1n) is 6.62. The lowest BCUT2D eigenvalue weighted by molar-refractivity contribution is 0.350. The Hall–Kier alpha value is -1.45. The molecule has 4 nitrogen and oxygen atoms in total. The molecule has 0 saturated heterocycles. The van der Waals surface area contributed by atoms with Crippen LogP contribution in [0.1, 0.15) is 31.2 Å². The average Bonchev–Trinajstić information content (AvgIpc) is 2.88. The molecule has 6 heteroatoms. The molecule has 0 amide bonds. The minimum atomic E-state index is -3.75. The van der Waals surface area contributed by atoms with E-state index >= 15 is 0 Å². The summed E-state index contributed by atoms with van der Waals surface area (Å²) >= 11 is 0. The van der Waals surface area contributed by atoms with E-state index in [9.17, 15) is 12.8 Å². The molecular formula is C14H17FN2O2S. The second kappa shape index (κ2) is 5.90. The van der Waals surface area contributed by atoms with Crippen LogP contribution in [0.3, 0.4) is 0 Å². The quantitative estimate of drug-likeness (QED) is 0.802. The molecule has 1 aliphatic carbocycles. The fourth-order valence-electron chi connectivity index (χ4n) is 2.70. The molecule has 0 atom stereocenters. The Morgan fingerprint density at radius 3 is 2.60 bits per heavy atom. The van der Waals surface area contributed by atoms with Crippen molar-refractivity contribution in [2.45, 2.75) is 43.5 Å². The van der Waals surface area contributed by atoms with Gasteiger partial charge in [0.15, 0.2) is 0 Å². The van der Waals surface area contributed by atoms with Gasteiger partial charge in [-0.15, -0.1) is 0 Å². The molecule has 1 aliphatic rings. The van der Waals surface area contributed by atoms with E-state index < -0.39 is 15.8 Å². The normalized spacial score (nSPS) is 16.5. The summed E-state index contributed by atoms with van der Waals surface area (Å²) < 4.78 is 39.8. The van der Waals surface area contributed by atoms with Gasteiger partial charge in [0.25, 0.3) is 0 Å². The Morgan fingerprint density at radius 2 is 2.05 bits per heavy atom. The number of nitrogens with zero attached hydrogens (tertiary/aromatic N) is 2. The van der Waals surface area contributed by atoms with Crippen LogP contribution in [0.25, 0.3) is 0 Å². The van der Waals surface area contributed by atoms with Crippen molar-refractivity contribution in [3.8, 4) is 6.07 Å². The number of benzene rings is 1. The van der Waals surface area contributed by atoms with Crippen LogP contribution in [-0.2, 0) is 10.0 Å². The van der Waals surface area contributed by atoms with Gasteiger partial charge in [-0.1, -0.05) is 12.8 Å². The maximum absolute atomic E-state index is 13.1. The molecule has 0 N–H and O–H groups in total. The average molecular weight is 296 g/mol. The number of rotatable bonds is 4. The van der Waals surface area contributed by atoms with Crippen molar-refractivity contribution in [1.82, 2.24) is 4.31 Å². The van der Waals surface area contributed by atoms with Crippen LogP contribution in [0, 0.1) is 24.1 Å². The van der Waals surface area contributed by atoms with Gasteiger partial charge in [-0.05, 0) is 43.5 Å². The SMILES string of the molecule is Cc1cc(F)ccc1S(=O)(=O)N(CC#N)C1CCCC1. The van der Waals surface area contributed by atoms with Crippen molar-refractivity contribution in [2.24, 2.45) is 0 Å². The Labute approximate surface area is 118 Å². The van der Waals surface area contributed by atoms with E-state index in [1.165, 1.54) is 16.4 Å². The zero-order valence-electron chi connectivity index (χ0n) is 11.3. The van der Waals surface area contributed by atoms with Crippen molar-refractivity contribution in [1.29, 1.82) is 5.26 Å². The van der Waals surface area contributed by atoms with Crippen LogP contribution >= 0.6 is 0 Å². The van der Waals surface area contributed by atoms with Gasteiger partial charge < -0.3 is 0 Å². The van der Waals surface area contributed by atoms with Gasteiger partial charge in [-0.3, -0.25) is 0 Å². The summed E-state index contributed by atoms with van der Waals surface area (Å²) in [7, 11) is -3.75. The second-order valence-electron chi connectivity index (χ2n) is 5.06. The summed E-state index contributed by atoms with van der Waals surface area (Å²) in [5.74, 6) is -0.464. The van der Waals surface area contributed by atoms with E-state index in [1.807, 2.05) is 6.07 Å². The third kappa shape index (κ3) is 2.84. The predicted molar refractivity (Wildman–Crippen MR) is 72.9 cm³/mol. The number of sulfonamides is 1. The first-order valence-corrected chi connectivity index (χ1v) is 8.06. The lowest BCUT2D eigenvalue weighted by atomic mass is 10.2. The highest BCUT2D eigenvalue weighted by Gasteiger charge is 2.33. The predicted octanol–water partition coefficient (Wildman–Crippen LogP) is 2.59.